The van der Waals surface area contributed by atoms with Crippen LogP contribution < -0.4 is 0 Å². The van der Waals surface area contributed by atoms with Gasteiger partial charge in [0.15, 0.2) is 0 Å². The van der Waals surface area contributed by atoms with E-state index in [1.54, 1.807) is 0 Å². The van der Waals surface area contributed by atoms with Crippen molar-refractivity contribution in [2.75, 3.05) is 13.2 Å². The first-order valence-electron chi connectivity index (χ1n) is 1.71. The predicted molar refractivity (Wildman–Crippen MR) is 28.2 cm³/mol. The number of hydrogen-bond acceptors (Lipinski definition) is 3. The zero-order chi connectivity index (χ0) is 4.99. The second kappa shape index (κ2) is 11.5. The predicted octanol–water partition coefficient (Wildman–Crippen LogP) is -1.83. The third-order valence-corrected chi connectivity index (χ3v) is 0.421. The van der Waals surface area contributed by atoms with Crippen LogP contribution in [0.2, 0.25) is 0 Å². The Hall–Kier alpha value is 1.76. The van der Waals surface area contributed by atoms with Crippen molar-refractivity contribution in [1.82, 2.24) is 0 Å². The second-order valence-corrected chi connectivity index (χ2v) is 1.02. The molecule has 0 aliphatic heterocycles. The minimum atomic E-state index is -0.954. The molecule has 3 nitrogen and oxygen atoms in total. The normalized spacial score (nSPS) is 7.50. The molecule has 0 spiro atoms. The molecule has 0 aromatic rings. The molecule has 0 saturated carbocycles. The summed E-state index contributed by atoms with van der Waals surface area (Å²) in [7, 11) is 0. The summed E-state index contributed by atoms with van der Waals surface area (Å²) in [6, 6.07) is 0. The Morgan fingerprint density at radius 1 is 1.25 bits per heavy atom. The minimum absolute atomic E-state index is 0. The van der Waals surface area contributed by atoms with Crippen molar-refractivity contribution in [1.29, 1.82) is 0 Å². The van der Waals surface area contributed by atoms with E-state index in [4.69, 9.17) is 15.3 Å². The standard InChI is InChI=1S/C3H8O3.Ca.Zn.2H/c4-1-3(6)2-5;;;;/h3-6H,1-2H2;;;;/q;+2;;2*-1. The topological polar surface area (TPSA) is 60.7 Å². The number of rotatable bonds is 2. The molecule has 0 fully saturated rings. The van der Waals surface area contributed by atoms with Crippen LogP contribution in [-0.4, -0.2) is 72.4 Å². The van der Waals surface area contributed by atoms with Gasteiger partial charge in [0.1, 0.15) is 6.10 Å². The van der Waals surface area contributed by atoms with Crippen molar-refractivity contribution in [2.24, 2.45) is 0 Å². The van der Waals surface area contributed by atoms with Crippen molar-refractivity contribution in [2.45, 2.75) is 6.10 Å². The maximum atomic E-state index is 8.17. The molecule has 0 unspecified atom stereocenters. The molecule has 0 heterocycles. The summed E-state index contributed by atoms with van der Waals surface area (Å²) in [5.41, 5.74) is 0. The molecule has 0 aromatic heterocycles. The smallest absolute Gasteiger partial charge is 1.00 e. The van der Waals surface area contributed by atoms with E-state index in [0.29, 0.717) is 0 Å². The zero-order valence-corrected chi connectivity index (χ0v) is 9.92. The number of aliphatic hydroxyl groups is 3. The van der Waals surface area contributed by atoms with E-state index >= 15 is 0 Å². The van der Waals surface area contributed by atoms with Crippen LogP contribution in [0.1, 0.15) is 2.85 Å². The van der Waals surface area contributed by atoms with Gasteiger partial charge in [-0.3, -0.25) is 0 Å². The van der Waals surface area contributed by atoms with Gasteiger partial charge in [0.05, 0.1) is 13.2 Å². The van der Waals surface area contributed by atoms with Crippen LogP contribution in [0.3, 0.4) is 0 Å². The van der Waals surface area contributed by atoms with Crippen LogP contribution >= 0.6 is 0 Å². The van der Waals surface area contributed by atoms with E-state index in [2.05, 4.69) is 0 Å². The fraction of sp³-hybridized carbons (Fsp3) is 1.00. The molecule has 0 rings (SSSR count). The zero-order valence-electron chi connectivity index (χ0n) is 6.75. The third-order valence-electron chi connectivity index (χ3n) is 0.421. The monoisotopic (exact) mass is 198 g/mol. The molecule has 0 radical (unpaired) electrons. The Morgan fingerprint density at radius 3 is 1.50 bits per heavy atom. The quantitative estimate of drug-likeness (QED) is 0.459. The number of hydrogen-bond donors (Lipinski definition) is 3. The van der Waals surface area contributed by atoms with Crippen LogP contribution in [0.4, 0.5) is 0 Å². The van der Waals surface area contributed by atoms with E-state index < -0.39 is 6.10 Å². The summed E-state index contributed by atoms with van der Waals surface area (Å²) >= 11 is 0. The molecule has 3 N–H and O–H groups in total. The Bertz CT molecular complexity index is 40.9. The van der Waals surface area contributed by atoms with Crippen LogP contribution in [-0.2, 0) is 19.5 Å². The van der Waals surface area contributed by atoms with Crippen molar-refractivity contribution >= 4 is 37.7 Å². The first kappa shape index (κ1) is 16.4. The van der Waals surface area contributed by atoms with Crippen LogP contribution in [0, 0.1) is 0 Å². The summed E-state index contributed by atoms with van der Waals surface area (Å²) < 4.78 is 0. The second-order valence-electron chi connectivity index (χ2n) is 1.02. The molecular formula is C3H10CaO3Zn. The van der Waals surface area contributed by atoms with Gasteiger partial charge in [-0.15, -0.1) is 0 Å². The van der Waals surface area contributed by atoms with Gasteiger partial charge in [-0.1, -0.05) is 0 Å². The molecule has 0 aliphatic carbocycles. The molecule has 0 aliphatic rings. The fourth-order valence-electron chi connectivity index (χ4n) is 0.0577. The van der Waals surface area contributed by atoms with Gasteiger partial charge in [-0.05, 0) is 0 Å². The Labute approximate surface area is 93.8 Å². The van der Waals surface area contributed by atoms with E-state index in [9.17, 15) is 0 Å². The van der Waals surface area contributed by atoms with Crippen LogP contribution in [0.25, 0.3) is 0 Å². The summed E-state index contributed by atoms with van der Waals surface area (Å²) in [5.74, 6) is 0. The summed E-state index contributed by atoms with van der Waals surface area (Å²) in [4.78, 5) is 0. The first-order chi connectivity index (χ1) is 2.81. The van der Waals surface area contributed by atoms with Crippen molar-refractivity contribution in [3.8, 4) is 0 Å². The number of aliphatic hydroxyl groups excluding tert-OH is 3. The van der Waals surface area contributed by atoms with E-state index in [1.165, 1.54) is 0 Å². The third kappa shape index (κ3) is 10.7. The summed E-state index contributed by atoms with van der Waals surface area (Å²) in [6.45, 7) is -0.729. The van der Waals surface area contributed by atoms with E-state index in [0.717, 1.165) is 0 Å². The fourth-order valence-corrected chi connectivity index (χ4v) is 0.0577. The molecule has 0 aromatic carbocycles. The van der Waals surface area contributed by atoms with Crippen molar-refractivity contribution in [3.63, 3.8) is 0 Å². The Balaban J connectivity index is -0.0000000208. The molecule has 0 saturated heterocycles. The maximum absolute atomic E-state index is 8.17. The van der Waals surface area contributed by atoms with Crippen molar-refractivity contribution < 1.29 is 37.7 Å². The molecule has 8 heavy (non-hydrogen) atoms. The average molecular weight is 200 g/mol. The van der Waals surface area contributed by atoms with Gasteiger partial charge in [0.25, 0.3) is 0 Å². The SMILES string of the molecule is OCC(O)CO.[Ca+2].[H-].[H-].[Zn]. The van der Waals surface area contributed by atoms with Gasteiger partial charge in [0, 0.05) is 19.5 Å². The molecule has 0 atom stereocenters. The van der Waals surface area contributed by atoms with E-state index in [-0.39, 0.29) is 73.3 Å². The largest absolute Gasteiger partial charge is 2.00 e. The van der Waals surface area contributed by atoms with Gasteiger partial charge in [0.2, 0.25) is 0 Å². The summed E-state index contributed by atoms with van der Waals surface area (Å²) in [6.07, 6.45) is -0.954. The summed E-state index contributed by atoms with van der Waals surface area (Å²) in [5, 5.41) is 24.0. The molecule has 0 bridgehead atoms. The van der Waals surface area contributed by atoms with Gasteiger partial charge in [-0.2, -0.15) is 0 Å². The van der Waals surface area contributed by atoms with Crippen molar-refractivity contribution in [3.05, 3.63) is 0 Å². The Morgan fingerprint density at radius 2 is 1.50 bits per heavy atom. The average Bonchev–Trinajstić information content (AvgIpc) is 1.65. The molecule has 5 heteroatoms. The van der Waals surface area contributed by atoms with Crippen LogP contribution in [0.15, 0.2) is 0 Å². The molecule has 0 amide bonds. The van der Waals surface area contributed by atoms with E-state index in [1.807, 2.05) is 0 Å². The first-order valence-corrected chi connectivity index (χ1v) is 1.71. The van der Waals surface area contributed by atoms with Gasteiger partial charge < -0.3 is 18.2 Å². The Kier molecular flexibility index (Phi) is 23.7. The maximum Gasteiger partial charge on any atom is 2.00 e. The molecule has 44 valence electrons. The van der Waals surface area contributed by atoms with Gasteiger partial charge >= 0.3 is 37.7 Å². The van der Waals surface area contributed by atoms with Gasteiger partial charge in [-0.25, -0.2) is 0 Å². The minimum Gasteiger partial charge on any atom is -1.00 e. The van der Waals surface area contributed by atoms with Crippen LogP contribution in [0.5, 0.6) is 0 Å². The molecular weight excluding hydrogens is 189 g/mol.